The Morgan fingerprint density at radius 1 is 0.931 bits per heavy atom. The number of nitrogens with zero attached hydrogens (tertiary/aromatic N) is 1. The second-order valence-corrected chi connectivity index (χ2v) is 7.27. The molecule has 0 saturated heterocycles. The van der Waals surface area contributed by atoms with Crippen molar-refractivity contribution >= 4 is 11.6 Å². The summed E-state index contributed by atoms with van der Waals surface area (Å²) in [5, 5.41) is 2.88. The lowest BCUT2D eigenvalue weighted by atomic mass is 10.0. The van der Waals surface area contributed by atoms with Crippen molar-refractivity contribution in [3.05, 3.63) is 88.2 Å². The molecule has 0 aliphatic rings. The van der Waals surface area contributed by atoms with E-state index in [0.717, 1.165) is 30.6 Å². The highest BCUT2D eigenvalue weighted by Crippen LogP contribution is 2.25. The highest BCUT2D eigenvalue weighted by molar-refractivity contribution is 6.08. The van der Waals surface area contributed by atoms with E-state index in [1.807, 2.05) is 67.6 Å². The molecular formula is C25H28N2O2. The number of amides is 1. The predicted molar refractivity (Wildman–Crippen MR) is 119 cm³/mol. The van der Waals surface area contributed by atoms with E-state index < -0.39 is 0 Å². The van der Waals surface area contributed by atoms with Crippen LogP contribution in [0.4, 0.5) is 5.69 Å². The normalized spacial score (nSPS) is 10.7. The summed E-state index contributed by atoms with van der Waals surface area (Å²) < 4.78 is 2.12. The summed E-state index contributed by atoms with van der Waals surface area (Å²) >= 11 is 0. The predicted octanol–water partition coefficient (Wildman–Crippen LogP) is 5.66. The third-order valence-electron chi connectivity index (χ3n) is 5.06. The van der Waals surface area contributed by atoms with Gasteiger partial charge in [-0.1, -0.05) is 74.7 Å². The Morgan fingerprint density at radius 2 is 1.59 bits per heavy atom. The average Bonchev–Trinajstić information content (AvgIpc) is 2.73. The number of rotatable bonds is 8. The average molecular weight is 389 g/mol. The van der Waals surface area contributed by atoms with Crippen molar-refractivity contribution in [1.29, 1.82) is 0 Å². The summed E-state index contributed by atoms with van der Waals surface area (Å²) in [5.41, 5.74) is 3.07. The van der Waals surface area contributed by atoms with E-state index in [9.17, 15) is 9.59 Å². The Balaban J connectivity index is 2.08. The number of benzene rings is 2. The molecule has 0 unspecified atom stereocenters. The van der Waals surface area contributed by atoms with Crippen molar-refractivity contribution < 1.29 is 4.79 Å². The van der Waals surface area contributed by atoms with Gasteiger partial charge in [0.05, 0.1) is 5.69 Å². The first-order chi connectivity index (χ1) is 14.1. The summed E-state index contributed by atoms with van der Waals surface area (Å²) in [6, 6.07) is 20.5. The number of unbranched alkanes of at least 4 members (excludes halogenated alkanes) is 3. The Morgan fingerprint density at radius 3 is 2.24 bits per heavy atom. The molecule has 0 spiro atoms. The first kappa shape index (κ1) is 20.6. The lowest BCUT2D eigenvalue weighted by Gasteiger charge is -2.20. The molecule has 0 fully saturated rings. The summed E-state index contributed by atoms with van der Waals surface area (Å²) in [6.07, 6.45) is 4.49. The van der Waals surface area contributed by atoms with Crippen LogP contribution in [0.15, 0.2) is 71.5 Å². The van der Waals surface area contributed by atoms with Crippen LogP contribution in [-0.4, -0.2) is 10.5 Å². The molecule has 4 nitrogen and oxygen atoms in total. The van der Waals surface area contributed by atoms with Gasteiger partial charge in [0.2, 0.25) is 0 Å². The van der Waals surface area contributed by atoms with E-state index in [4.69, 9.17) is 0 Å². The molecule has 4 heteroatoms. The van der Waals surface area contributed by atoms with Crippen LogP contribution in [0.25, 0.3) is 11.3 Å². The zero-order chi connectivity index (χ0) is 20.6. The molecule has 1 amide bonds. The van der Waals surface area contributed by atoms with Gasteiger partial charge in [0.1, 0.15) is 5.56 Å². The van der Waals surface area contributed by atoms with E-state index in [2.05, 4.69) is 16.8 Å². The number of hydrogen-bond acceptors (Lipinski definition) is 2. The minimum Gasteiger partial charge on any atom is -0.344 e. The quantitative estimate of drug-likeness (QED) is 0.507. The second-order valence-electron chi connectivity index (χ2n) is 7.27. The highest BCUT2D eigenvalue weighted by Gasteiger charge is 2.21. The standard InChI is InChI=1S/C25H28N2O2/c1-3-4-5-12-17-27-19(2)18-22(28)23(24(27)20-13-8-6-9-14-20)25(29)26-21-15-10-7-11-16-21/h6-11,13-16,18H,3-5,12,17H2,1-2H3,(H,26,29). The minimum absolute atomic E-state index is 0.196. The highest BCUT2D eigenvalue weighted by atomic mass is 16.2. The fourth-order valence-corrected chi connectivity index (χ4v) is 3.58. The fourth-order valence-electron chi connectivity index (χ4n) is 3.58. The molecule has 150 valence electrons. The topological polar surface area (TPSA) is 51.1 Å². The van der Waals surface area contributed by atoms with Crippen molar-refractivity contribution in [1.82, 2.24) is 4.57 Å². The minimum atomic E-state index is -0.373. The van der Waals surface area contributed by atoms with Gasteiger partial charge >= 0.3 is 0 Å². The Hall–Kier alpha value is -3.14. The third-order valence-corrected chi connectivity index (χ3v) is 5.06. The molecule has 1 N–H and O–H groups in total. The van der Waals surface area contributed by atoms with Gasteiger partial charge in [-0.05, 0) is 31.0 Å². The van der Waals surface area contributed by atoms with Crippen LogP contribution in [0.1, 0.15) is 48.7 Å². The molecule has 1 heterocycles. The fraction of sp³-hybridized carbons (Fsp3) is 0.280. The van der Waals surface area contributed by atoms with E-state index >= 15 is 0 Å². The van der Waals surface area contributed by atoms with Crippen LogP contribution >= 0.6 is 0 Å². The van der Waals surface area contributed by atoms with Gasteiger partial charge in [-0.2, -0.15) is 0 Å². The number of para-hydroxylation sites is 1. The number of carbonyl (C=O) groups excluding carboxylic acids is 1. The molecule has 0 aliphatic heterocycles. The van der Waals surface area contributed by atoms with Crippen molar-refractivity contribution in [2.75, 3.05) is 5.32 Å². The van der Waals surface area contributed by atoms with Crippen molar-refractivity contribution in [3.8, 4) is 11.3 Å². The van der Waals surface area contributed by atoms with Crippen LogP contribution < -0.4 is 10.7 Å². The molecule has 3 aromatic rings. The summed E-state index contributed by atoms with van der Waals surface area (Å²) in [6.45, 7) is 4.90. The first-order valence-electron chi connectivity index (χ1n) is 10.3. The smallest absolute Gasteiger partial charge is 0.261 e. The summed E-state index contributed by atoms with van der Waals surface area (Å²) in [7, 11) is 0. The number of carbonyl (C=O) groups is 1. The molecule has 3 rings (SSSR count). The number of pyridine rings is 1. The molecule has 0 atom stereocenters. The van der Waals surface area contributed by atoms with Gasteiger partial charge in [-0.25, -0.2) is 0 Å². The van der Waals surface area contributed by atoms with Crippen LogP contribution in [0.3, 0.4) is 0 Å². The molecule has 0 aliphatic carbocycles. The Labute approximate surface area is 172 Å². The van der Waals surface area contributed by atoms with Crippen molar-refractivity contribution in [2.24, 2.45) is 0 Å². The zero-order valence-electron chi connectivity index (χ0n) is 17.2. The van der Waals surface area contributed by atoms with Crippen LogP contribution in [0, 0.1) is 6.92 Å². The van der Waals surface area contributed by atoms with E-state index in [1.54, 1.807) is 6.07 Å². The van der Waals surface area contributed by atoms with E-state index in [1.165, 1.54) is 12.8 Å². The maximum Gasteiger partial charge on any atom is 0.261 e. The van der Waals surface area contributed by atoms with Crippen LogP contribution in [-0.2, 0) is 6.54 Å². The Bertz CT molecular complexity index is 1010. The monoisotopic (exact) mass is 388 g/mol. The number of aromatic nitrogens is 1. The van der Waals surface area contributed by atoms with E-state index in [0.29, 0.717) is 11.4 Å². The number of aryl methyl sites for hydroxylation is 1. The van der Waals surface area contributed by atoms with Crippen LogP contribution in [0.5, 0.6) is 0 Å². The maximum absolute atomic E-state index is 13.1. The molecular weight excluding hydrogens is 360 g/mol. The molecule has 0 saturated carbocycles. The van der Waals surface area contributed by atoms with Crippen molar-refractivity contribution in [3.63, 3.8) is 0 Å². The van der Waals surface area contributed by atoms with Gasteiger partial charge in [0, 0.05) is 24.0 Å². The van der Waals surface area contributed by atoms with Gasteiger partial charge < -0.3 is 9.88 Å². The molecule has 29 heavy (non-hydrogen) atoms. The zero-order valence-corrected chi connectivity index (χ0v) is 17.2. The number of hydrogen-bond donors (Lipinski definition) is 1. The largest absolute Gasteiger partial charge is 0.344 e. The lowest BCUT2D eigenvalue weighted by Crippen LogP contribution is -2.26. The number of anilines is 1. The third kappa shape index (κ3) is 5.02. The first-order valence-corrected chi connectivity index (χ1v) is 10.3. The van der Waals surface area contributed by atoms with Gasteiger partial charge in [-0.3, -0.25) is 9.59 Å². The van der Waals surface area contributed by atoms with E-state index in [-0.39, 0.29) is 16.9 Å². The SMILES string of the molecule is CCCCCCn1c(C)cc(=O)c(C(=O)Nc2ccccc2)c1-c1ccccc1. The Kier molecular flexibility index (Phi) is 7.01. The second kappa shape index (κ2) is 9.87. The molecule has 2 aromatic carbocycles. The lowest BCUT2D eigenvalue weighted by molar-refractivity contribution is 0.102. The number of nitrogens with one attached hydrogen (secondary N) is 1. The van der Waals surface area contributed by atoms with Crippen LogP contribution in [0.2, 0.25) is 0 Å². The molecule has 0 radical (unpaired) electrons. The molecule has 0 bridgehead atoms. The van der Waals surface area contributed by atoms with Gasteiger partial charge in [-0.15, -0.1) is 0 Å². The summed E-state index contributed by atoms with van der Waals surface area (Å²) in [5.74, 6) is -0.373. The summed E-state index contributed by atoms with van der Waals surface area (Å²) in [4.78, 5) is 26.1. The van der Waals surface area contributed by atoms with Crippen molar-refractivity contribution in [2.45, 2.75) is 46.1 Å². The molecule has 1 aromatic heterocycles. The van der Waals surface area contributed by atoms with Gasteiger partial charge in [0.15, 0.2) is 5.43 Å². The maximum atomic E-state index is 13.1. The van der Waals surface area contributed by atoms with Gasteiger partial charge in [0.25, 0.3) is 5.91 Å².